The van der Waals surface area contributed by atoms with E-state index in [0.717, 1.165) is 12.8 Å². The summed E-state index contributed by atoms with van der Waals surface area (Å²) in [4.78, 5) is 8.53. The van der Waals surface area contributed by atoms with Crippen LogP contribution in [0.3, 0.4) is 0 Å². The van der Waals surface area contributed by atoms with E-state index in [1.54, 1.807) is 0 Å². The van der Waals surface area contributed by atoms with E-state index >= 15 is 0 Å². The first-order valence-corrected chi connectivity index (χ1v) is 32.3. The third kappa shape index (κ3) is 7.80. The van der Waals surface area contributed by atoms with E-state index in [4.69, 9.17) is 0 Å². The van der Waals surface area contributed by atoms with Crippen LogP contribution in [0.2, 0.25) is 0 Å². The van der Waals surface area contributed by atoms with Crippen molar-refractivity contribution >= 4 is 68.6 Å². The topological polar surface area (TPSA) is 9.72 Å². The summed E-state index contributed by atoms with van der Waals surface area (Å²) in [5.41, 5.74) is 30.7. The molecular weight excluding hydrogens is 1000 g/mol. The monoisotopic (exact) mass is 1100 g/mol. The Morgan fingerprint density at radius 3 is 1.35 bits per heavy atom. The number of nitrogens with zero attached hydrogens (tertiary/aromatic N) is 3. The molecule has 1 fully saturated rings. The summed E-state index contributed by atoms with van der Waals surface area (Å²) in [6, 6.07) is 50.2. The van der Waals surface area contributed by atoms with E-state index in [9.17, 15) is 0 Å². The first kappa shape index (κ1) is 54.9. The fourth-order valence-corrected chi connectivity index (χ4v) is 17.8. The van der Waals surface area contributed by atoms with Crippen molar-refractivity contribution in [3.63, 3.8) is 0 Å². The molecule has 0 aromatic heterocycles. The molecule has 3 aliphatic heterocycles. The Kier molecular flexibility index (Phi) is 11.6. The molecule has 7 aromatic carbocycles. The van der Waals surface area contributed by atoms with Crippen molar-refractivity contribution in [3.05, 3.63) is 171 Å². The Morgan fingerprint density at radius 1 is 0.386 bits per heavy atom. The average molecular weight is 1100 g/mol. The van der Waals surface area contributed by atoms with E-state index in [1.807, 2.05) is 0 Å². The Bertz CT molecular complexity index is 3880. The van der Waals surface area contributed by atoms with Crippen LogP contribution < -0.4 is 31.1 Å². The van der Waals surface area contributed by atoms with Gasteiger partial charge < -0.3 is 14.7 Å². The number of hydrogen-bond donors (Lipinski definition) is 0. The maximum absolute atomic E-state index is 2.87. The number of aryl methyl sites for hydroxylation is 1. The molecule has 0 radical (unpaired) electrons. The molecule has 0 spiro atoms. The van der Waals surface area contributed by atoms with Crippen molar-refractivity contribution in [1.82, 2.24) is 0 Å². The lowest BCUT2D eigenvalue weighted by molar-refractivity contribution is 0.195. The highest BCUT2D eigenvalue weighted by Gasteiger charge is 2.58. The van der Waals surface area contributed by atoms with Crippen LogP contribution in [-0.2, 0) is 43.3 Å². The van der Waals surface area contributed by atoms with Crippen molar-refractivity contribution in [3.8, 4) is 11.1 Å². The number of benzene rings is 7. The molecule has 0 bridgehead atoms. The Morgan fingerprint density at radius 2 is 0.831 bits per heavy atom. The van der Waals surface area contributed by atoms with E-state index < -0.39 is 0 Å². The highest BCUT2D eigenvalue weighted by molar-refractivity contribution is 7.00. The van der Waals surface area contributed by atoms with Gasteiger partial charge in [-0.05, 0) is 224 Å². The molecule has 7 aromatic rings. The van der Waals surface area contributed by atoms with Crippen LogP contribution in [-0.4, -0.2) is 12.3 Å². The summed E-state index contributed by atoms with van der Waals surface area (Å²) in [7, 11) is 0. The van der Waals surface area contributed by atoms with Crippen LogP contribution in [0.1, 0.15) is 232 Å². The molecule has 3 nitrogen and oxygen atoms in total. The van der Waals surface area contributed by atoms with E-state index in [2.05, 4.69) is 261 Å². The van der Waals surface area contributed by atoms with Crippen LogP contribution >= 0.6 is 0 Å². The lowest BCUT2D eigenvalue weighted by Gasteiger charge is -2.52. The average Bonchev–Trinajstić information content (AvgIpc) is 1.75. The summed E-state index contributed by atoms with van der Waals surface area (Å²) in [5.74, 6) is 0. The van der Waals surface area contributed by atoms with Gasteiger partial charge in [-0.1, -0.05) is 196 Å². The van der Waals surface area contributed by atoms with E-state index in [0.29, 0.717) is 0 Å². The molecule has 1 saturated carbocycles. The minimum atomic E-state index is -0.144. The van der Waals surface area contributed by atoms with Gasteiger partial charge in [-0.2, -0.15) is 0 Å². The molecular formula is C79H94BN3. The molecule has 7 aliphatic rings. The zero-order valence-corrected chi connectivity index (χ0v) is 54.0. The van der Waals surface area contributed by atoms with Crippen molar-refractivity contribution in [2.24, 2.45) is 0 Å². The van der Waals surface area contributed by atoms with Crippen molar-refractivity contribution in [1.29, 1.82) is 0 Å². The number of para-hydroxylation sites is 1. The third-order valence-corrected chi connectivity index (χ3v) is 23.9. The normalized spacial score (nSPS) is 24.1. The summed E-state index contributed by atoms with van der Waals surface area (Å²) < 4.78 is 0. The minimum absolute atomic E-state index is 0.00124. The molecule has 4 heteroatoms. The number of fused-ring (bicyclic) bond motifs is 10. The van der Waals surface area contributed by atoms with Crippen LogP contribution in [0.25, 0.3) is 11.1 Å². The lowest BCUT2D eigenvalue weighted by atomic mass is 9.32. The molecule has 428 valence electrons. The molecule has 14 rings (SSSR count). The summed E-state index contributed by atoms with van der Waals surface area (Å²) in [6.45, 7) is 45.1. The van der Waals surface area contributed by atoms with Crippen LogP contribution in [0.15, 0.2) is 121 Å². The zero-order valence-electron chi connectivity index (χ0n) is 54.0. The Balaban J connectivity index is 1.19. The van der Waals surface area contributed by atoms with Gasteiger partial charge in [0.25, 0.3) is 6.71 Å². The van der Waals surface area contributed by atoms with Crippen LogP contribution in [0, 0.1) is 6.92 Å². The number of anilines is 8. The predicted molar refractivity (Wildman–Crippen MR) is 358 cm³/mol. The van der Waals surface area contributed by atoms with Crippen LogP contribution in [0.4, 0.5) is 45.5 Å². The van der Waals surface area contributed by atoms with Crippen molar-refractivity contribution in [2.45, 2.75) is 238 Å². The standard InChI is InChI=1S/C79H94BN3/c1-49-40-55-58(75(11,12)37-34-72(55,5)6)46-65(49)82-67-48-60-57(74(9,10)36-39-77(60,15)16)45-62(67)80-61-44-56-59(76(13,14)38-35-73(56,7)8)47-66(61)81(63-31-30-51(71(2,3)4)41-53(63)50-26-20-19-21-27-50)68-42-52(43-69(82)70(68)80)83-64-29-23-22-28-54(64)78(17)32-24-25-33-79(78,83)18/h19-23,26-31,40-48H,24-25,32-39H2,1-18H3. The first-order valence-electron chi connectivity index (χ1n) is 32.3. The van der Waals surface area contributed by atoms with Gasteiger partial charge in [0.2, 0.25) is 0 Å². The largest absolute Gasteiger partial charge is 0.334 e. The molecule has 83 heavy (non-hydrogen) atoms. The quantitative estimate of drug-likeness (QED) is 0.163. The summed E-state index contributed by atoms with van der Waals surface area (Å²) in [5, 5.41) is 0. The molecule has 0 N–H and O–H groups in total. The number of rotatable bonds is 4. The van der Waals surface area contributed by atoms with Gasteiger partial charge in [0, 0.05) is 50.8 Å². The minimum Gasteiger partial charge on any atom is -0.334 e. The van der Waals surface area contributed by atoms with Crippen molar-refractivity contribution < 1.29 is 0 Å². The van der Waals surface area contributed by atoms with E-state index in [1.165, 1.54) is 174 Å². The van der Waals surface area contributed by atoms with Gasteiger partial charge in [-0.3, -0.25) is 0 Å². The second-order valence-corrected chi connectivity index (χ2v) is 32.9. The smallest absolute Gasteiger partial charge is 0.252 e. The van der Waals surface area contributed by atoms with Gasteiger partial charge in [0.05, 0.1) is 11.2 Å². The van der Waals surface area contributed by atoms with E-state index in [-0.39, 0.29) is 55.6 Å². The SMILES string of the molecule is Cc1cc2c(cc1N1c3cc4c(cc3B3c5cc6c(cc5N(c5ccc(C(C)(C)C)cc5-c5ccccc5)c5cc(N7c8ccccc8C8(C)CCCCC78C)cc1c53)C(C)(C)CCC6(C)C)C(C)(C)CCC4(C)C)C(C)(C)CCC2(C)C. The molecule has 2 unspecified atom stereocenters. The highest BCUT2D eigenvalue weighted by Crippen LogP contribution is 2.63. The Labute approximate surface area is 500 Å². The van der Waals surface area contributed by atoms with Crippen molar-refractivity contribution in [2.75, 3.05) is 14.7 Å². The summed E-state index contributed by atoms with van der Waals surface area (Å²) in [6.07, 6.45) is 11.8. The van der Waals surface area contributed by atoms with Gasteiger partial charge in [0.15, 0.2) is 0 Å². The highest BCUT2D eigenvalue weighted by atomic mass is 15.3. The van der Waals surface area contributed by atoms with Gasteiger partial charge in [-0.15, -0.1) is 0 Å². The van der Waals surface area contributed by atoms with Gasteiger partial charge >= 0.3 is 0 Å². The summed E-state index contributed by atoms with van der Waals surface area (Å²) >= 11 is 0. The molecule has 2 atom stereocenters. The van der Waals surface area contributed by atoms with Gasteiger partial charge in [0.1, 0.15) is 0 Å². The fourth-order valence-electron chi connectivity index (χ4n) is 17.8. The first-order chi connectivity index (χ1) is 38.9. The second kappa shape index (κ2) is 17.6. The zero-order chi connectivity index (χ0) is 58.7. The molecule has 3 heterocycles. The lowest BCUT2D eigenvalue weighted by Crippen LogP contribution is -2.62. The maximum atomic E-state index is 2.87. The maximum Gasteiger partial charge on any atom is 0.252 e. The Hall–Kier alpha value is -6.00. The molecule has 4 aliphatic carbocycles. The second-order valence-electron chi connectivity index (χ2n) is 32.9. The predicted octanol–water partition coefficient (Wildman–Crippen LogP) is 19.8. The fraction of sp³-hybridized carbons (Fsp3) is 0.468. The van der Waals surface area contributed by atoms with Crippen LogP contribution in [0.5, 0.6) is 0 Å². The molecule has 0 saturated heterocycles. The number of hydrogen-bond acceptors (Lipinski definition) is 3. The molecule has 0 amide bonds. The van der Waals surface area contributed by atoms with Gasteiger partial charge in [-0.25, -0.2) is 0 Å². The third-order valence-electron chi connectivity index (χ3n) is 23.9.